The molecule has 2 atom stereocenters. The molecular formula is C13H15N3O3. The van der Waals surface area contributed by atoms with E-state index >= 15 is 0 Å². The van der Waals surface area contributed by atoms with E-state index in [9.17, 15) is 20.3 Å². The number of aliphatic carboxylic acids is 1. The summed E-state index contributed by atoms with van der Waals surface area (Å²) in [6, 6.07) is 3.01. The number of β-amino-alcohol motifs (C(OH)–C–C–N with tert-alkyl or cyclic N) is 1. The van der Waals surface area contributed by atoms with Gasteiger partial charge in [0.25, 0.3) is 0 Å². The molecule has 0 bridgehead atoms. The minimum absolute atomic E-state index is 0.148. The molecule has 2 rings (SSSR count). The molecule has 0 aliphatic carbocycles. The fourth-order valence-corrected chi connectivity index (χ4v) is 2.45. The molecule has 1 saturated heterocycles. The first-order valence-corrected chi connectivity index (χ1v) is 6.00. The van der Waals surface area contributed by atoms with E-state index < -0.39 is 18.1 Å². The molecular weight excluding hydrogens is 246 g/mol. The summed E-state index contributed by atoms with van der Waals surface area (Å²) in [6.45, 7) is 3.76. The molecule has 0 spiro atoms. The maximum absolute atomic E-state index is 11.2. The van der Waals surface area contributed by atoms with Gasteiger partial charge in [-0.15, -0.1) is 0 Å². The van der Waals surface area contributed by atoms with E-state index in [2.05, 4.69) is 11.1 Å². The molecule has 0 aromatic carbocycles. The van der Waals surface area contributed by atoms with Crippen LogP contribution in [0.1, 0.15) is 23.2 Å². The SMILES string of the molecule is Cc1cc(C)c(C#N)c(N2CC(O)CC2C(=O)O)n1. The van der Waals surface area contributed by atoms with Crippen molar-refractivity contribution in [2.45, 2.75) is 32.4 Å². The van der Waals surface area contributed by atoms with Crippen LogP contribution in [0.5, 0.6) is 0 Å². The van der Waals surface area contributed by atoms with Crippen LogP contribution in [0.4, 0.5) is 5.82 Å². The molecule has 1 aliphatic heterocycles. The van der Waals surface area contributed by atoms with Crippen molar-refractivity contribution in [3.63, 3.8) is 0 Å². The molecule has 6 heteroatoms. The monoisotopic (exact) mass is 261 g/mol. The van der Waals surface area contributed by atoms with Gasteiger partial charge in [0.05, 0.1) is 11.7 Å². The number of carboxylic acid groups (broad SMARTS) is 1. The summed E-state index contributed by atoms with van der Waals surface area (Å²) in [5.74, 6) is -0.662. The molecule has 2 unspecified atom stereocenters. The summed E-state index contributed by atoms with van der Waals surface area (Å²) in [4.78, 5) is 17.0. The van der Waals surface area contributed by atoms with Crippen LogP contribution in [0.3, 0.4) is 0 Å². The third-order valence-electron chi connectivity index (χ3n) is 3.27. The molecule has 1 aliphatic rings. The second-order valence-electron chi connectivity index (χ2n) is 4.79. The minimum atomic E-state index is -1.01. The van der Waals surface area contributed by atoms with Crippen LogP contribution in [-0.4, -0.2) is 39.9 Å². The topological polar surface area (TPSA) is 97.5 Å². The smallest absolute Gasteiger partial charge is 0.326 e. The van der Waals surface area contributed by atoms with Crippen molar-refractivity contribution in [3.8, 4) is 6.07 Å². The van der Waals surface area contributed by atoms with Crippen LogP contribution in [0, 0.1) is 25.2 Å². The quantitative estimate of drug-likeness (QED) is 0.808. The first-order valence-electron chi connectivity index (χ1n) is 6.00. The summed E-state index contributed by atoms with van der Waals surface area (Å²) < 4.78 is 0. The first-order chi connectivity index (χ1) is 8.93. The van der Waals surface area contributed by atoms with Gasteiger partial charge in [0.1, 0.15) is 17.9 Å². The fourth-order valence-electron chi connectivity index (χ4n) is 2.45. The lowest BCUT2D eigenvalue weighted by molar-refractivity contribution is -0.138. The Hall–Kier alpha value is -2.13. The Morgan fingerprint density at radius 1 is 1.58 bits per heavy atom. The third kappa shape index (κ3) is 2.37. The van der Waals surface area contributed by atoms with Gasteiger partial charge in [-0.05, 0) is 25.5 Å². The zero-order chi connectivity index (χ0) is 14.2. The van der Waals surface area contributed by atoms with Gasteiger partial charge >= 0.3 is 5.97 Å². The number of aliphatic hydroxyl groups excluding tert-OH is 1. The van der Waals surface area contributed by atoms with E-state index in [1.807, 2.05) is 0 Å². The average molecular weight is 261 g/mol. The molecule has 1 aromatic heterocycles. The summed E-state index contributed by atoms with van der Waals surface area (Å²) in [6.07, 6.45) is -0.565. The number of aryl methyl sites for hydroxylation is 2. The average Bonchev–Trinajstić information content (AvgIpc) is 2.70. The lowest BCUT2D eigenvalue weighted by Gasteiger charge is -2.24. The predicted octanol–water partition coefficient (Wildman–Crippen LogP) is 0.594. The second-order valence-corrected chi connectivity index (χ2v) is 4.79. The highest BCUT2D eigenvalue weighted by molar-refractivity contribution is 5.79. The van der Waals surface area contributed by atoms with Crippen molar-refractivity contribution in [2.75, 3.05) is 11.4 Å². The molecule has 0 saturated carbocycles. The van der Waals surface area contributed by atoms with Gasteiger partial charge in [-0.25, -0.2) is 9.78 Å². The number of carboxylic acids is 1. The molecule has 6 nitrogen and oxygen atoms in total. The zero-order valence-corrected chi connectivity index (χ0v) is 10.8. The highest BCUT2D eigenvalue weighted by Gasteiger charge is 2.38. The number of nitrogens with zero attached hydrogens (tertiary/aromatic N) is 3. The number of nitriles is 1. The summed E-state index contributed by atoms with van der Waals surface area (Å²) >= 11 is 0. The van der Waals surface area contributed by atoms with E-state index in [0.29, 0.717) is 11.4 Å². The Labute approximate surface area is 110 Å². The van der Waals surface area contributed by atoms with Crippen molar-refractivity contribution >= 4 is 11.8 Å². The molecule has 2 N–H and O–H groups in total. The van der Waals surface area contributed by atoms with Gasteiger partial charge in [0, 0.05) is 18.7 Å². The molecule has 1 aromatic rings. The summed E-state index contributed by atoms with van der Waals surface area (Å²) in [5, 5.41) is 28.1. The highest BCUT2D eigenvalue weighted by atomic mass is 16.4. The lowest BCUT2D eigenvalue weighted by atomic mass is 10.1. The zero-order valence-electron chi connectivity index (χ0n) is 10.8. The van der Waals surface area contributed by atoms with Crippen LogP contribution in [0.15, 0.2) is 6.07 Å². The van der Waals surface area contributed by atoms with Gasteiger partial charge in [-0.1, -0.05) is 0 Å². The van der Waals surface area contributed by atoms with Gasteiger partial charge in [-0.2, -0.15) is 5.26 Å². The normalized spacial score (nSPS) is 22.3. The third-order valence-corrected chi connectivity index (χ3v) is 3.27. The Morgan fingerprint density at radius 2 is 2.26 bits per heavy atom. The molecule has 2 heterocycles. The summed E-state index contributed by atoms with van der Waals surface area (Å²) in [7, 11) is 0. The Morgan fingerprint density at radius 3 is 2.84 bits per heavy atom. The predicted molar refractivity (Wildman–Crippen MR) is 67.8 cm³/mol. The van der Waals surface area contributed by atoms with E-state index in [1.165, 1.54) is 4.90 Å². The molecule has 1 fully saturated rings. The second kappa shape index (κ2) is 4.86. The maximum Gasteiger partial charge on any atom is 0.326 e. The number of aliphatic hydroxyl groups is 1. The first kappa shape index (κ1) is 13.3. The standard InChI is InChI=1S/C13H15N3O3/c1-7-3-8(2)15-12(10(7)5-14)16-6-9(17)4-11(16)13(18)19/h3,9,11,17H,4,6H2,1-2H3,(H,18,19). The van der Waals surface area contributed by atoms with Gasteiger partial charge in [0.2, 0.25) is 0 Å². The van der Waals surface area contributed by atoms with Crippen molar-refractivity contribution in [3.05, 3.63) is 22.9 Å². The molecule has 0 radical (unpaired) electrons. The van der Waals surface area contributed by atoms with Crippen LogP contribution in [0.25, 0.3) is 0 Å². The number of hydrogen-bond donors (Lipinski definition) is 2. The van der Waals surface area contributed by atoms with Crippen molar-refractivity contribution in [1.82, 2.24) is 4.98 Å². The Balaban J connectivity index is 2.52. The fraction of sp³-hybridized carbons (Fsp3) is 0.462. The van der Waals surface area contributed by atoms with Gasteiger partial charge in [0.15, 0.2) is 0 Å². The minimum Gasteiger partial charge on any atom is -0.480 e. The lowest BCUT2D eigenvalue weighted by Crippen LogP contribution is -2.37. The van der Waals surface area contributed by atoms with Gasteiger partial charge in [-0.3, -0.25) is 0 Å². The van der Waals surface area contributed by atoms with Crippen molar-refractivity contribution in [2.24, 2.45) is 0 Å². The number of aromatic nitrogens is 1. The maximum atomic E-state index is 11.2. The largest absolute Gasteiger partial charge is 0.480 e. The van der Waals surface area contributed by atoms with Crippen LogP contribution in [-0.2, 0) is 4.79 Å². The number of rotatable bonds is 2. The van der Waals surface area contributed by atoms with E-state index in [-0.39, 0.29) is 13.0 Å². The molecule has 19 heavy (non-hydrogen) atoms. The Kier molecular flexibility index (Phi) is 3.40. The number of anilines is 1. The van der Waals surface area contributed by atoms with Crippen LogP contribution < -0.4 is 4.90 Å². The van der Waals surface area contributed by atoms with Crippen molar-refractivity contribution < 1.29 is 15.0 Å². The van der Waals surface area contributed by atoms with E-state index in [1.54, 1.807) is 19.9 Å². The molecule has 0 amide bonds. The summed E-state index contributed by atoms with van der Waals surface area (Å²) in [5.41, 5.74) is 1.85. The van der Waals surface area contributed by atoms with E-state index in [4.69, 9.17) is 0 Å². The molecule has 100 valence electrons. The van der Waals surface area contributed by atoms with Crippen LogP contribution >= 0.6 is 0 Å². The van der Waals surface area contributed by atoms with Crippen molar-refractivity contribution in [1.29, 1.82) is 5.26 Å². The van der Waals surface area contributed by atoms with Crippen LogP contribution in [0.2, 0.25) is 0 Å². The number of hydrogen-bond acceptors (Lipinski definition) is 5. The van der Waals surface area contributed by atoms with E-state index in [0.717, 1.165) is 11.3 Å². The number of carbonyl (C=O) groups is 1. The number of pyridine rings is 1. The highest BCUT2D eigenvalue weighted by Crippen LogP contribution is 2.29. The Bertz CT molecular complexity index is 565. The van der Waals surface area contributed by atoms with Gasteiger partial charge < -0.3 is 15.1 Å².